The number of rotatable bonds is 2. The molecular weight excluding hydrogens is 334 g/mol. The molecule has 2 heterocycles. The molecule has 6 heteroatoms. The number of carbonyl (C=O) groups excluding carboxylic acids is 1. The maximum atomic E-state index is 12.2. The molecule has 0 aliphatic carbocycles. The SMILES string of the molecule is Cc1nc(Br)ccc1NC(=O)c1cc2cc(N)ccc2o1. The number of nitrogens with zero attached hydrogens (tertiary/aromatic N) is 1. The lowest BCUT2D eigenvalue weighted by Gasteiger charge is -2.06. The Kier molecular flexibility index (Phi) is 3.39. The molecule has 3 N–H and O–H groups in total. The Morgan fingerprint density at radius 2 is 2.10 bits per heavy atom. The molecule has 3 rings (SSSR count). The van der Waals surface area contributed by atoms with Gasteiger partial charge in [0, 0.05) is 11.1 Å². The lowest BCUT2D eigenvalue weighted by Crippen LogP contribution is -2.12. The van der Waals surface area contributed by atoms with E-state index in [1.165, 1.54) is 0 Å². The summed E-state index contributed by atoms with van der Waals surface area (Å²) in [6.07, 6.45) is 0. The van der Waals surface area contributed by atoms with Crippen LogP contribution in [0, 0.1) is 6.92 Å². The van der Waals surface area contributed by atoms with E-state index in [1.54, 1.807) is 36.4 Å². The number of hydrogen-bond acceptors (Lipinski definition) is 4. The number of nitrogens with two attached hydrogens (primary N) is 1. The zero-order chi connectivity index (χ0) is 15.0. The number of aryl methyl sites for hydroxylation is 1. The molecular formula is C15H12BrN3O2. The van der Waals surface area contributed by atoms with E-state index in [2.05, 4.69) is 26.2 Å². The Morgan fingerprint density at radius 3 is 2.86 bits per heavy atom. The Morgan fingerprint density at radius 1 is 1.29 bits per heavy atom. The number of carbonyl (C=O) groups is 1. The summed E-state index contributed by atoms with van der Waals surface area (Å²) < 4.78 is 6.24. The van der Waals surface area contributed by atoms with Crippen LogP contribution in [0.2, 0.25) is 0 Å². The maximum absolute atomic E-state index is 12.2. The highest BCUT2D eigenvalue weighted by atomic mass is 79.9. The van der Waals surface area contributed by atoms with Crippen molar-refractivity contribution in [1.82, 2.24) is 4.98 Å². The minimum atomic E-state index is -0.322. The molecule has 21 heavy (non-hydrogen) atoms. The summed E-state index contributed by atoms with van der Waals surface area (Å²) in [5, 5.41) is 3.58. The van der Waals surface area contributed by atoms with Crippen molar-refractivity contribution in [2.45, 2.75) is 6.92 Å². The summed E-state index contributed by atoms with van der Waals surface area (Å²) in [5.41, 5.74) is 8.33. The Hall–Kier alpha value is -2.34. The third-order valence-corrected chi connectivity index (χ3v) is 3.51. The topological polar surface area (TPSA) is 81.2 Å². The second-order valence-corrected chi connectivity index (χ2v) is 5.44. The quantitative estimate of drug-likeness (QED) is 0.547. The highest BCUT2D eigenvalue weighted by Gasteiger charge is 2.14. The molecule has 0 saturated heterocycles. The molecule has 0 unspecified atom stereocenters. The van der Waals surface area contributed by atoms with Gasteiger partial charge >= 0.3 is 0 Å². The van der Waals surface area contributed by atoms with Crippen molar-refractivity contribution in [3.8, 4) is 0 Å². The van der Waals surface area contributed by atoms with Crippen molar-refractivity contribution in [2.75, 3.05) is 11.1 Å². The molecule has 0 aliphatic rings. The lowest BCUT2D eigenvalue weighted by atomic mass is 10.2. The van der Waals surface area contributed by atoms with Crippen LogP contribution in [0.3, 0.4) is 0 Å². The summed E-state index contributed by atoms with van der Waals surface area (Å²) in [7, 11) is 0. The normalized spacial score (nSPS) is 10.8. The van der Waals surface area contributed by atoms with Crippen LogP contribution < -0.4 is 11.1 Å². The Bertz CT molecular complexity index is 842. The molecule has 0 saturated carbocycles. The largest absolute Gasteiger partial charge is 0.451 e. The van der Waals surface area contributed by atoms with Crippen LogP contribution >= 0.6 is 15.9 Å². The van der Waals surface area contributed by atoms with E-state index < -0.39 is 0 Å². The number of hydrogen-bond donors (Lipinski definition) is 2. The van der Waals surface area contributed by atoms with Gasteiger partial charge in [0.2, 0.25) is 0 Å². The molecule has 2 aromatic heterocycles. The summed E-state index contributed by atoms with van der Waals surface area (Å²) in [6.45, 7) is 1.82. The molecule has 0 bridgehead atoms. The number of nitrogen functional groups attached to an aromatic ring is 1. The summed E-state index contributed by atoms with van der Waals surface area (Å²) >= 11 is 3.28. The molecule has 3 aromatic rings. The predicted octanol–water partition coefficient (Wildman–Crippen LogP) is 3.73. The summed E-state index contributed by atoms with van der Waals surface area (Å²) in [5.74, 6) is -0.0880. The van der Waals surface area contributed by atoms with Gasteiger partial charge in [0.1, 0.15) is 10.2 Å². The van der Waals surface area contributed by atoms with Crippen molar-refractivity contribution >= 4 is 44.2 Å². The third kappa shape index (κ3) is 2.75. The van der Waals surface area contributed by atoms with Gasteiger partial charge in [-0.2, -0.15) is 0 Å². The first-order valence-corrected chi connectivity index (χ1v) is 7.06. The van der Waals surface area contributed by atoms with Gasteiger partial charge in [0.15, 0.2) is 5.76 Å². The average molecular weight is 346 g/mol. The fourth-order valence-corrected chi connectivity index (χ4v) is 2.42. The number of anilines is 2. The molecule has 1 amide bonds. The summed E-state index contributed by atoms with van der Waals surface area (Å²) in [6, 6.07) is 10.5. The van der Waals surface area contributed by atoms with Gasteiger partial charge in [-0.25, -0.2) is 4.98 Å². The smallest absolute Gasteiger partial charge is 0.291 e. The first-order chi connectivity index (χ1) is 10.0. The fraction of sp³-hybridized carbons (Fsp3) is 0.0667. The van der Waals surface area contributed by atoms with Crippen LogP contribution in [0.1, 0.15) is 16.2 Å². The van der Waals surface area contributed by atoms with E-state index in [4.69, 9.17) is 10.2 Å². The van der Waals surface area contributed by atoms with Gasteiger partial charge in [-0.05, 0) is 59.3 Å². The number of pyridine rings is 1. The van der Waals surface area contributed by atoms with Crippen LogP contribution in [0.25, 0.3) is 11.0 Å². The predicted molar refractivity (Wildman–Crippen MR) is 85.3 cm³/mol. The zero-order valence-corrected chi connectivity index (χ0v) is 12.8. The molecule has 0 atom stereocenters. The molecule has 1 aromatic carbocycles. The Labute approximate surface area is 129 Å². The van der Waals surface area contributed by atoms with E-state index in [0.717, 1.165) is 15.7 Å². The van der Waals surface area contributed by atoms with Crippen molar-refractivity contribution in [2.24, 2.45) is 0 Å². The zero-order valence-electron chi connectivity index (χ0n) is 11.2. The average Bonchev–Trinajstić information content (AvgIpc) is 2.85. The van der Waals surface area contributed by atoms with Crippen LogP contribution in [-0.2, 0) is 0 Å². The molecule has 0 radical (unpaired) electrons. The number of benzene rings is 1. The minimum Gasteiger partial charge on any atom is -0.451 e. The lowest BCUT2D eigenvalue weighted by molar-refractivity contribution is 0.0998. The summed E-state index contributed by atoms with van der Waals surface area (Å²) in [4.78, 5) is 16.5. The van der Waals surface area contributed by atoms with Crippen LogP contribution in [0.4, 0.5) is 11.4 Å². The fourth-order valence-electron chi connectivity index (χ4n) is 2.02. The molecule has 106 valence electrons. The first kappa shape index (κ1) is 13.6. The molecule has 0 spiro atoms. The van der Waals surface area contributed by atoms with Crippen molar-refractivity contribution in [1.29, 1.82) is 0 Å². The van der Waals surface area contributed by atoms with Gasteiger partial charge in [-0.1, -0.05) is 0 Å². The van der Waals surface area contributed by atoms with Crippen LogP contribution in [0.15, 0.2) is 45.4 Å². The third-order valence-electron chi connectivity index (χ3n) is 3.06. The monoisotopic (exact) mass is 345 g/mol. The molecule has 0 fully saturated rings. The van der Waals surface area contributed by atoms with Crippen LogP contribution in [0.5, 0.6) is 0 Å². The highest BCUT2D eigenvalue weighted by molar-refractivity contribution is 9.10. The van der Waals surface area contributed by atoms with Gasteiger partial charge in [0.25, 0.3) is 5.91 Å². The highest BCUT2D eigenvalue weighted by Crippen LogP contribution is 2.23. The minimum absolute atomic E-state index is 0.234. The number of furan rings is 1. The van der Waals surface area contributed by atoms with Gasteiger partial charge in [-0.3, -0.25) is 4.79 Å². The number of nitrogens with one attached hydrogen (secondary N) is 1. The van der Waals surface area contributed by atoms with E-state index in [0.29, 0.717) is 17.0 Å². The maximum Gasteiger partial charge on any atom is 0.291 e. The Balaban J connectivity index is 1.89. The standard InChI is InChI=1S/C15H12BrN3O2/c1-8-11(3-5-14(16)18-8)19-15(20)13-7-9-6-10(17)2-4-12(9)21-13/h2-7H,17H2,1H3,(H,19,20). The van der Waals surface area contributed by atoms with E-state index >= 15 is 0 Å². The van der Waals surface area contributed by atoms with Gasteiger partial charge in [-0.15, -0.1) is 0 Å². The number of aromatic nitrogens is 1. The van der Waals surface area contributed by atoms with E-state index in [9.17, 15) is 4.79 Å². The number of halogens is 1. The number of fused-ring (bicyclic) bond motifs is 1. The van der Waals surface area contributed by atoms with Crippen molar-refractivity contribution in [3.05, 3.63) is 52.5 Å². The molecule has 5 nitrogen and oxygen atoms in total. The van der Waals surface area contributed by atoms with Gasteiger partial charge < -0.3 is 15.5 Å². The second-order valence-electron chi connectivity index (χ2n) is 4.63. The molecule has 0 aliphatic heterocycles. The van der Waals surface area contributed by atoms with Crippen molar-refractivity contribution < 1.29 is 9.21 Å². The van der Waals surface area contributed by atoms with E-state index in [-0.39, 0.29) is 11.7 Å². The number of amides is 1. The van der Waals surface area contributed by atoms with Gasteiger partial charge in [0.05, 0.1) is 11.4 Å². The second kappa shape index (κ2) is 5.21. The first-order valence-electron chi connectivity index (χ1n) is 6.26. The van der Waals surface area contributed by atoms with Crippen molar-refractivity contribution in [3.63, 3.8) is 0 Å². The van der Waals surface area contributed by atoms with Crippen LogP contribution in [-0.4, -0.2) is 10.9 Å². The van der Waals surface area contributed by atoms with E-state index in [1.807, 2.05) is 6.92 Å².